The summed E-state index contributed by atoms with van der Waals surface area (Å²) in [5.41, 5.74) is -0.596. The fourth-order valence-electron chi connectivity index (χ4n) is 6.39. The Labute approximate surface area is 237 Å². The van der Waals surface area contributed by atoms with E-state index in [0.29, 0.717) is 11.1 Å². The molecule has 1 N–H and O–H groups in total. The van der Waals surface area contributed by atoms with Crippen molar-refractivity contribution in [3.63, 3.8) is 0 Å². The van der Waals surface area contributed by atoms with E-state index in [2.05, 4.69) is 0 Å². The average Bonchev–Trinajstić information content (AvgIpc) is 3.20. The van der Waals surface area contributed by atoms with E-state index in [0.717, 1.165) is 26.5 Å². The van der Waals surface area contributed by atoms with Crippen LogP contribution in [0.3, 0.4) is 0 Å². The van der Waals surface area contributed by atoms with Crippen LogP contribution >= 0.6 is 0 Å². The molecule has 206 valence electrons. The minimum absolute atomic E-state index is 0.0699. The van der Waals surface area contributed by atoms with E-state index in [-0.39, 0.29) is 11.3 Å². The van der Waals surface area contributed by atoms with Gasteiger partial charge in [0.25, 0.3) is 11.8 Å². The topological polar surface area (TPSA) is 98.2 Å². The molecule has 0 bridgehead atoms. The van der Waals surface area contributed by atoms with Crippen LogP contribution in [0.15, 0.2) is 90.8 Å². The summed E-state index contributed by atoms with van der Waals surface area (Å²) in [5, 5.41) is 13.1. The number of carbonyl (C=O) groups excluding carboxylic acids is 4. The van der Waals surface area contributed by atoms with Crippen molar-refractivity contribution in [3.05, 3.63) is 124 Å². The van der Waals surface area contributed by atoms with E-state index in [1.807, 2.05) is 44.2 Å². The summed E-state index contributed by atoms with van der Waals surface area (Å²) < 4.78 is 0. The Kier molecular flexibility index (Phi) is 5.86. The standard InChI is InChI=1S/C33H29N3O5/c1-20-9-13-23(14-10-20)26(37)19-27-33(41,24-15-11-21(2)12-16-24)32(29(38)34(3)31(40)35(4)30(32)39)28-25-8-6-5-7-22(25)17-18-36(27)28/h5-19,28,41H,1-4H3/b27-19+/t28-,33-/m0/s1. The van der Waals surface area contributed by atoms with Gasteiger partial charge in [0, 0.05) is 31.9 Å². The van der Waals surface area contributed by atoms with Crippen LogP contribution in [0.5, 0.6) is 0 Å². The predicted octanol–water partition coefficient (Wildman–Crippen LogP) is 4.34. The normalized spacial score (nSPS) is 23.8. The molecule has 3 heterocycles. The molecule has 0 aromatic heterocycles. The van der Waals surface area contributed by atoms with Crippen LogP contribution < -0.4 is 0 Å². The number of aliphatic hydroxyl groups is 1. The van der Waals surface area contributed by atoms with Gasteiger partial charge in [-0.1, -0.05) is 83.9 Å². The van der Waals surface area contributed by atoms with Crippen molar-refractivity contribution in [1.82, 2.24) is 14.7 Å². The molecule has 2 fully saturated rings. The zero-order valence-electron chi connectivity index (χ0n) is 23.2. The third kappa shape index (κ3) is 3.44. The highest BCUT2D eigenvalue weighted by atomic mass is 16.3. The molecule has 4 amide bonds. The van der Waals surface area contributed by atoms with E-state index in [1.165, 1.54) is 20.2 Å². The van der Waals surface area contributed by atoms with Gasteiger partial charge in [-0.2, -0.15) is 0 Å². The van der Waals surface area contributed by atoms with Crippen LogP contribution in [0.1, 0.15) is 44.2 Å². The molecular weight excluding hydrogens is 518 g/mol. The number of hydrogen-bond acceptors (Lipinski definition) is 6. The smallest absolute Gasteiger partial charge is 0.332 e. The first-order valence-corrected chi connectivity index (χ1v) is 13.3. The Balaban J connectivity index is 1.72. The maximum Gasteiger partial charge on any atom is 0.332 e. The van der Waals surface area contributed by atoms with Gasteiger partial charge < -0.3 is 10.0 Å². The number of rotatable bonds is 3. The molecule has 41 heavy (non-hydrogen) atoms. The number of aryl methyl sites for hydroxylation is 2. The Bertz CT molecular complexity index is 1660. The van der Waals surface area contributed by atoms with E-state index < -0.39 is 40.7 Å². The van der Waals surface area contributed by atoms with Crippen LogP contribution in [0, 0.1) is 19.3 Å². The maximum absolute atomic E-state index is 14.5. The number of imide groups is 2. The van der Waals surface area contributed by atoms with Crippen molar-refractivity contribution in [2.45, 2.75) is 25.5 Å². The number of benzene rings is 3. The summed E-state index contributed by atoms with van der Waals surface area (Å²) in [4.78, 5) is 59.1. The third-order valence-electron chi connectivity index (χ3n) is 8.54. The van der Waals surface area contributed by atoms with Gasteiger partial charge in [0.1, 0.15) is 0 Å². The average molecular weight is 548 g/mol. The van der Waals surface area contributed by atoms with Gasteiger partial charge in [0.15, 0.2) is 16.8 Å². The van der Waals surface area contributed by atoms with Gasteiger partial charge in [-0.25, -0.2) is 4.79 Å². The lowest BCUT2D eigenvalue weighted by molar-refractivity contribution is -0.175. The van der Waals surface area contributed by atoms with Crippen LogP contribution in [-0.2, 0) is 15.2 Å². The van der Waals surface area contributed by atoms with Crippen LogP contribution in [-0.4, -0.2) is 57.5 Å². The van der Waals surface area contributed by atoms with Crippen molar-refractivity contribution in [1.29, 1.82) is 0 Å². The fraction of sp³-hybridized carbons (Fsp3) is 0.212. The summed E-state index contributed by atoms with van der Waals surface area (Å²) in [6.45, 7) is 3.80. The molecule has 3 aromatic carbocycles. The largest absolute Gasteiger partial charge is 0.377 e. The van der Waals surface area contributed by atoms with Crippen LogP contribution in [0.25, 0.3) is 6.08 Å². The number of fused-ring (bicyclic) bond motifs is 4. The molecule has 0 radical (unpaired) electrons. The Morgan fingerprint density at radius 2 is 1.39 bits per heavy atom. The lowest BCUT2D eigenvalue weighted by Gasteiger charge is -2.48. The SMILES string of the molecule is Cc1ccc(C(=O)/C=C2/N3C=Cc4ccccc4[C@H]3C3(C(=O)N(C)C(=O)N(C)C3=O)[C@]2(O)c2ccc(C)cc2)cc1. The highest BCUT2D eigenvalue weighted by molar-refractivity contribution is 6.21. The summed E-state index contributed by atoms with van der Waals surface area (Å²) in [6, 6.07) is 19.3. The van der Waals surface area contributed by atoms with E-state index in [9.17, 15) is 24.3 Å². The molecule has 3 aromatic rings. The van der Waals surface area contributed by atoms with Crippen molar-refractivity contribution in [2.24, 2.45) is 5.41 Å². The number of allylic oxidation sites excluding steroid dienone is 1. The third-order valence-corrected chi connectivity index (χ3v) is 8.54. The summed E-state index contributed by atoms with van der Waals surface area (Å²) in [7, 11) is 2.61. The Hall–Kier alpha value is -4.82. The molecule has 2 saturated heterocycles. The zero-order valence-corrected chi connectivity index (χ0v) is 23.2. The number of carbonyl (C=O) groups is 4. The minimum Gasteiger partial charge on any atom is -0.377 e. The number of nitrogens with zero attached hydrogens (tertiary/aromatic N) is 3. The number of barbiturate groups is 1. The van der Waals surface area contributed by atoms with Gasteiger partial charge in [0.2, 0.25) is 0 Å². The van der Waals surface area contributed by atoms with Gasteiger partial charge in [0.05, 0.1) is 11.7 Å². The van der Waals surface area contributed by atoms with E-state index in [4.69, 9.17) is 0 Å². The highest BCUT2D eigenvalue weighted by Gasteiger charge is 2.78. The molecule has 6 rings (SSSR count). The summed E-state index contributed by atoms with van der Waals surface area (Å²) in [5.74, 6) is -2.10. The molecular formula is C33H29N3O5. The quantitative estimate of drug-likeness (QED) is 0.298. The Morgan fingerprint density at radius 3 is 2.00 bits per heavy atom. The van der Waals surface area contributed by atoms with Crippen molar-refractivity contribution >= 4 is 29.7 Å². The van der Waals surface area contributed by atoms with E-state index in [1.54, 1.807) is 59.6 Å². The van der Waals surface area contributed by atoms with Gasteiger partial charge in [-0.3, -0.25) is 24.2 Å². The number of urea groups is 1. The monoisotopic (exact) mass is 547 g/mol. The molecule has 8 heteroatoms. The fourth-order valence-corrected chi connectivity index (χ4v) is 6.39. The lowest BCUT2D eigenvalue weighted by atomic mass is 9.61. The summed E-state index contributed by atoms with van der Waals surface area (Å²) >= 11 is 0. The summed E-state index contributed by atoms with van der Waals surface area (Å²) in [6.07, 6.45) is 4.81. The molecule has 2 atom stereocenters. The molecule has 0 unspecified atom stereocenters. The van der Waals surface area contributed by atoms with Crippen molar-refractivity contribution < 1.29 is 24.3 Å². The first-order chi connectivity index (χ1) is 19.5. The molecule has 3 aliphatic heterocycles. The molecule has 8 nitrogen and oxygen atoms in total. The first kappa shape index (κ1) is 26.4. The maximum atomic E-state index is 14.5. The second kappa shape index (κ2) is 9.11. The van der Waals surface area contributed by atoms with Crippen molar-refractivity contribution in [3.8, 4) is 0 Å². The minimum atomic E-state index is -2.33. The van der Waals surface area contributed by atoms with Crippen LogP contribution in [0.2, 0.25) is 0 Å². The second-order valence-electron chi connectivity index (χ2n) is 10.9. The van der Waals surface area contributed by atoms with Crippen molar-refractivity contribution in [2.75, 3.05) is 14.1 Å². The number of hydrogen-bond donors (Lipinski definition) is 1. The van der Waals surface area contributed by atoms with Gasteiger partial charge in [-0.05, 0) is 36.6 Å². The van der Waals surface area contributed by atoms with E-state index >= 15 is 0 Å². The predicted molar refractivity (Wildman–Crippen MR) is 152 cm³/mol. The molecule has 0 saturated carbocycles. The lowest BCUT2D eigenvalue weighted by Crippen LogP contribution is -2.70. The number of ketones is 1. The number of amides is 4. The Morgan fingerprint density at radius 1 is 0.829 bits per heavy atom. The molecule has 1 spiro atoms. The van der Waals surface area contributed by atoms with Gasteiger partial charge >= 0.3 is 6.03 Å². The highest BCUT2D eigenvalue weighted by Crippen LogP contribution is 2.66. The first-order valence-electron chi connectivity index (χ1n) is 13.3. The molecule has 0 aliphatic carbocycles. The van der Waals surface area contributed by atoms with Gasteiger partial charge in [-0.15, -0.1) is 0 Å². The van der Waals surface area contributed by atoms with Crippen LogP contribution in [0.4, 0.5) is 4.79 Å². The second-order valence-corrected chi connectivity index (χ2v) is 10.9. The zero-order chi connectivity index (χ0) is 29.3. The molecule has 3 aliphatic rings.